The van der Waals surface area contributed by atoms with E-state index in [1.165, 1.54) is 18.5 Å². The van der Waals surface area contributed by atoms with Gasteiger partial charge in [-0.1, -0.05) is 11.6 Å². The molecule has 1 aliphatic heterocycles. The van der Waals surface area contributed by atoms with E-state index in [9.17, 15) is 4.39 Å². The summed E-state index contributed by atoms with van der Waals surface area (Å²) in [5.74, 6) is 1.40. The number of aromatic nitrogens is 2. The zero-order valence-corrected chi connectivity index (χ0v) is 18.6. The highest BCUT2D eigenvalue weighted by molar-refractivity contribution is 6.31. The van der Waals surface area contributed by atoms with Crippen molar-refractivity contribution in [3.05, 3.63) is 47.5 Å². The molecule has 1 saturated heterocycles. The Morgan fingerprint density at radius 3 is 2.58 bits per heavy atom. The van der Waals surface area contributed by atoms with Crippen LogP contribution in [0.1, 0.15) is 26.7 Å². The molecule has 1 N–H and O–H groups in total. The topological polar surface area (TPSA) is 59.5 Å². The zero-order valence-electron chi connectivity index (χ0n) is 17.9. The molecule has 164 valence electrons. The van der Waals surface area contributed by atoms with E-state index in [0.717, 1.165) is 31.3 Å². The molecular formula is C23H26ClFN4O2. The van der Waals surface area contributed by atoms with Gasteiger partial charge in [-0.05, 0) is 51.0 Å². The zero-order chi connectivity index (χ0) is 22.0. The van der Waals surface area contributed by atoms with Crippen molar-refractivity contribution < 1.29 is 13.9 Å². The first-order valence-electron chi connectivity index (χ1n) is 10.4. The van der Waals surface area contributed by atoms with Gasteiger partial charge in [-0.2, -0.15) is 0 Å². The molecule has 0 saturated carbocycles. The lowest BCUT2D eigenvalue weighted by atomic mass is 10.1. The minimum absolute atomic E-state index is 0.0433. The summed E-state index contributed by atoms with van der Waals surface area (Å²) in [6.45, 7) is 6.46. The summed E-state index contributed by atoms with van der Waals surface area (Å²) in [7, 11) is 1.62. The Balaban J connectivity index is 1.62. The van der Waals surface area contributed by atoms with Crippen molar-refractivity contribution in [1.82, 2.24) is 14.9 Å². The van der Waals surface area contributed by atoms with E-state index in [2.05, 4.69) is 34.0 Å². The van der Waals surface area contributed by atoms with Gasteiger partial charge in [-0.25, -0.2) is 14.4 Å². The summed E-state index contributed by atoms with van der Waals surface area (Å²) in [5, 5.41) is 4.02. The van der Waals surface area contributed by atoms with E-state index in [1.807, 2.05) is 12.1 Å². The summed E-state index contributed by atoms with van der Waals surface area (Å²) >= 11 is 5.91. The molecule has 6 nitrogen and oxygen atoms in total. The van der Waals surface area contributed by atoms with Crippen molar-refractivity contribution in [2.75, 3.05) is 25.5 Å². The highest BCUT2D eigenvalue weighted by Gasteiger charge is 2.23. The quantitative estimate of drug-likeness (QED) is 0.547. The molecule has 1 fully saturated rings. The standard InChI is InChI=1S/C23H26ClFN4O2/c1-14(2)29-8-6-16(7-9-29)31-22-11-17-20(12-21(22)30-3)26-13-27-23(17)28-15-4-5-19(25)18(24)10-15/h4-5,10-14,16H,6-9H2,1-3H3,(H,26,27,28). The number of anilines is 2. The fourth-order valence-electron chi connectivity index (χ4n) is 3.82. The maximum Gasteiger partial charge on any atom is 0.162 e. The number of ether oxygens (including phenoxy) is 2. The maximum atomic E-state index is 13.5. The van der Waals surface area contributed by atoms with Crippen LogP contribution in [0.2, 0.25) is 5.02 Å². The first kappa shape index (κ1) is 21.6. The number of halogens is 2. The van der Waals surface area contributed by atoms with Crippen LogP contribution in [0.15, 0.2) is 36.7 Å². The maximum absolute atomic E-state index is 13.5. The number of fused-ring (bicyclic) bond motifs is 1. The number of methoxy groups -OCH3 is 1. The predicted octanol–water partition coefficient (Wildman–Crippen LogP) is 5.43. The van der Waals surface area contributed by atoms with Crippen LogP contribution in [0, 0.1) is 5.82 Å². The molecule has 2 aromatic carbocycles. The first-order chi connectivity index (χ1) is 14.9. The van der Waals surface area contributed by atoms with E-state index in [1.54, 1.807) is 13.2 Å². The van der Waals surface area contributed by atoms with Crippen LogP contribution in [-0.2, 0) is 0 Å². The normalized spacial score (nSPS) is 15.4. The summed E-state index contributed by atoms with van der Waals surface area (Å²) in [4.78, 5) is 11.2. The summed E-state index contributed by atoms with van der Waals surface area (Å²) in [6.07, 6.45) is 3.52. The lowest BCUT2D eigenvalue weighted by molar-refractivity contribution is 0.0824. The fourth-order valence-corrected chi connectivity index (χ4v) is 4.00. The van der Waals surface area contributed by atoms with E-state index < -0.39 is 5.82 Å². The Labute approximate surface area is 186 Å². The Morgan fingerprint density at radius 2 is 1.90 bits per heavy atom. The van der Waals surface area contributed by atoms with Gasteiger partial charge < -0.3 is 19.7 Å². The van der Waals surface area contributed by atoms with Gasteiger partial charge in [-0.15, -0.1) is 0 Å². The Hall–Kier alpha value is -2.64. The van der Waals surface area contributed by atoms with Gasteiger partial charge in [0.1, 0.15) is 24.1 Å². The van der Waals surface area contributed by atoms with Gasteiger partial charge in [0, 0.05) is 36.3 Å². The second kappa shape index (κ2) is 9.24. The molecule has 0 amide bonds. The van der Waals surface area contributed by atoms with Crippen LogP contribution in [0.4, 0.5) is 15.9 Å². The molecule has 0 bridgehead atoms. The molecule has 0 aliphatic carbocycles. The number of likely N-dealkylation sites (tertiary alicyclic amines) is 1. The highest BCUT2D eigenvalue weighted by atomic mass is 35.5. The van der Waals surface area contributed by atoms with Crippen LogP contribution >= 0.6 is 11.6 Å². The number of benzene rings is 2. The smallest absolute Gasteiger partial charge is 0.162 e. The monoisotopic (exact) mass is 444 g/mol. The van der Waals surface area contributed by atoms with E-state index in [4.69, 9.17) is 21.1 Å². The number of rotatable bonds is 6. The van der Waals surface area contributed by atoms with Gasteiger partial charge in [0.05, 0.1) is 17.6 Å². The SMILES string of the molecule is COc1cc2ncnc(Nc3ccc(F)c(Cl)c3)c2cc1OC1CCN(C(C)C)CC1. The minimum Gasteiger partial charge on any atom is -0.493 e. The lowest BCUT2D eigenvalue weighted by Crippen LogP contribution is -2.41. The van der Waals surface area contributed by atoms with Gasteiger partial charge >= 0.3 is 0 Å². The summed E-state index contributed by atoms with van der Waals surface area (Å²) in [5.41, 5.74) is 1.34. The largest absolute Gasteiger partial charge is 0.493 e. The highest BCUT2D eigenvalue weighted by Crippen LogP contribution is 2.36. The van der Waals surface area contributed by atoms with Crippen LogP contribution in [-0.4, -0.2) is 47.2 Å². The van der Waals surface area contributed by atoms with Gasteiger partial charge in [-0.3, -0.25) is 0 Å². The second-order valence-corrected chi connectivity index (χ2v) is 8.35. The number of nitrogens with one attached hydrogen (secondary N) is 1. The second-order valence-electron chi connectivity index (χ2n) is 7.94. The van der Waals surface area contributed by atoms with Crippen LogP contribution in [0.25, 0.3) is 10.9 Å². The molecule has 0 unspecified atom stereocenters. The average molecular weight is 445 g/mol. The molecule has 3 aromatic rings. The molecule has 31 heavy (non-hydrogen) atoms. The van der Waals surface area contributed by atoms with Crippen molar-refractivity contribution >= 4 is 34.0 Å². The summed E-state index contributed by atoms with van der Waals surface area (Å²) < 4.78 is 25.4. The Morgan fingerprint density at radius 1 is 1.13 bits per heavy atom. The lowest BCUT2D eigenvalue weighted by Gasteiger charge is -2.34. The first-order valence-corrected chi connectivity index (χ1v) is 10.8. The average Bonchev–Trinajstić information content (AvgIpc) is 2.76. The number of piperidine rings is 1. The van der Waals surface area contributed by atoms with Crippen molar-refractivity contribution in [1.29, 1.82) is 0 Å². The number of hydrogen-bond donors (Lipinski definition) is 1. The molecule has 2 heterocycles. The van der Waals surface area contributed by atoms with Gasteiger partial charge in [0.15, 0.2) is 11.5 Å². The molecule has 0 radical (unpaired) electrons. The third-order valence-corrected chi connectivity index (χ3v) is 5.89. The molecular weight excluding hydrogens is 419 g/mol. The Kier molecular flexibility index (Phi) is 6.43. The van der Waals surface area contributed by atoms with Crippen LogP contribution < -0.4 is 14.8 Å². The van der Waals surface area contributed by atoms with Crippen molar-refractivity contribution in [2.24, 2.45) is 0 Å². The number of nitrogens with zero attached hydrogens (tertiary/aromatic N) is 3. The molecule has 0 atom stereocenters. The third-order valence-electron chi connectivity index (χ3n) is 5.60. The van der Waals surface area contributed by atoms with E-state index in [0.29, 0.717) is 34.6 Å². The van der Waals surface area contributed by atoms with E-state index >= 15 is 0 Å². The van der Waals surface area contributed by atoms with Crippen LogP contribution in [0.5, 0.6) is 11.5 Å². The Bertz CT molecular complexity index is 1070. The minimum atomic E-state index is -0.469. The van der Waals surface area contributed by atoms with Crippen molar-refractivity contribution in [3.8, 4) is 11.5 Å². The molecule has 8 heteroatoms. The molecule has 4 rings (SSSR count). The van der Waals surface area contributed by atoms with Crippen molar-refractivity contribution in [2.45, 2.75) is 38.8 Å². The number of hydrogen-bond acceptors (Lipinski definition) is 6. The molecule has 0 spiro atoms. The molecule has 1 aromatic heterocycles. The fraction of sp³-hybridized carbons (Fsp3) is 0.391. The van der Waals surface area contributed by atoms with Crippen LogP contribution in [0.3, 0.4) is 0 Å². The predicted molar refractivity (Wildman–Crippen MR) is 121 cm³/mol. The third kappa shape index (κ3) is 4.83. The van der Waals surface area contributed by atoms with Crippen molar-refractivity contribution in [3.63, 3.8) is 0 Å². The molecule has 1 aliphatic rings. The van der Waals surface area contributed by atoms with E-state index in [-0.39, 0.29) is 11.1 Å². The summed E-state index contributed by atoms with van der Waals surface area (Å²) in [6, 6.07) is 8.73. The van der Waals surface area contributed by atoms with Gasteiger partial charge in [0.25, 0.3) is 0 Å². The van der Waals surface area contributed by atoms with Gasteiger partial charge in [0.2, 0.25) is 0 Å².